The molecule has 0 amide bonds. The van der Waals surface area contributed by atoms with Crippen LogP contribution in [0.1, 0.15) is 37.7 Å². The molecule has 0 saturated heterocycles. The van der Waals surface area contributed by atoms with Crippen LogP contribution in [0.3, 0.4) is 0 Å². The normalized spacial score (nSPS) is 12.6. The van der Waals surface area contributed by atoms with Gasteiger partial charge in [-0.3, -0.25) is 0 Å². The van der Waals surface area contributed by atoms with Crippen molar-refractivity contribution in [3.05, 3.63) is 77.6 Å². The zero-order valence-electron chi connectivity index (χ0n) is 20.4. The first-order valence-corrected chi connectivity index (χ1v) is 13.7. The van der Waals surface area contributed by atoms with Crippen LogP contribution in [-0.4, -0.2) is 30.1 Å². The Labute approximate surface area is 214 Å². The van der Waals surface area contributed by atoms with Gasteiger partial charge in [0.2, 0.25) is 10.0 Å². The Morgan fingerprint density at radius 3 is 2.56 bits per heavy atom. The average molecular weight is 530 g/mol. The molecule has 0 aliphatic rings. The third-order valence-corrected chi connectivity index (χ3v) is 7.69. The van der Waals surface area contributed by atoms with E-state index in [1.54, 1.807) is 13.4 Å². The summed E-state index contributed by atoms with van der Waals surface area (Å²) in [6.07, 6.45) is 4.20. The first-order chi connectivity index (χ1) is 17.1. The molecule has 0 aliphatic carbocycles. The number of hydrogen-bond donors (Lipinski definition) is 2. The average Bonchev–Trinajstić information content (AvgIpc) is 3.47. The van der Waals surface area contributed by atoms with Crippen LogP contribution < -0.4 is 14.8 Å². The van der Waals surface area contributed by atoms with Gasteiger partial charge in [-0.1, -0.05) is 13.8 Å². The number of anilines is 2. The van der Waals surface area contributed by atoms with Gasteiger partial charge in [0.05, 0.1) is 41.4 Å². The molecular formula is C25H28FN5O3S2. The van der Waals surface area contributed by atoms with Gasteiger partial charge in [0.1, 0.15) is 11.6 Å². The zero-order valence-corrected chi connectivity index (χ0v) is 22.0. The molecule has 0 fully saturated rings. The molecule has 1 atom stereocenters. The Morgan fingerprint density at radius 1 is 1.17 bits per heavy atom. The van der Waals surface area contributed by atoms with E-state index in [4.69, 9.17) is 4.74 Å². The van der Waals surface area contributed by atoms with Gasteiger partial charge in [0, 0.05) is 23.3 Å². The van der Waals surface area contributed by atoms with Crippen molar-refractivity contribution in [1.82, 2.24) is 19.3 Å². The van der Waals surface area contributed by atoms with Crippen molar-refractivity contribution in [2.24, 2.45) is 5.92 Å². The van der Waals surface area contributed by atoms with Crippen molar-refractivity contribution in [3.63, 3.8) is 0 Å². The van der Waals surface area contributed by atoms with Crippen molar-refractivity contribution in [3.8, 4) is 11.4 Å². The van der Waals surface area contributed by atoms with Gasteiger partial charge in [0.25, 0.3) is 0 Å². The van der Waals surface area contributed by atoms with E-state index in [1.165, 1.54) is 23.5 Å². The molecule has 2 aromatic heterocycles. The molecule has 4 aromatic rings. The highest BCUT2D eigenvalue weighted by atomic mass is 32.2. The van der Waals surface area contributed by atoms with Crippen molar-refractivity contribution in [1.29, 1.82) is 0 Å². The number of nitrogens with one attached hydrogen (secondary N) is 2. The number of rotatable bonds is 10. The summed E-state index contributed by atoms with van der Waals surface area (Å²) >= 11 is 1.38. The molecule has 8 nitrogen and oxygen atoms in total. The van der Waals surface area contributed by atoms with Gasteiger partial charge >= 0.3 is 0 Å². The summed E-state index contributed by atoms with van der Waals surface area (Å²) in [6.45, 7) is 5.95. The van der Waals surface area contributed by atoms with Gasteiger partial charge in [-0.25, -0.2) is 27.5 Å². The van der Waals surface area contributed by atoms with Crippen molar-refractivity contribution in [2.45, 2.75) is 38.1 Å². The predicted octanol–water partition coefficient (Wildman–Crippen LogP) is 5.59. The molecule has 0 radical (unpaired) electrons. The number of thiazole rings is 1. The lowest BCUT2D eigenvalue weighted by molar-refractivity contribution is 0.413. The molecule has 190 valence electrons. The van der Waals surface area contributed by atoms with E-state index in [-0.39, 0.29) is 10.8 Å². The van der Waals surface area contributed by atoms with Crippen molar-refractivity contribution >= 4 is 32.2 Å². The van der Waals surface area contributed by atoms with Crippen LogP contribution in [0.25, 0.3) is 5.69 Å². The summed E-state index contributed by atoms with van der Waals surface area (Å²) < 4.78 is 49.3. The fraction of sp³-hybridized carbons (Fsp3) is 0.280. The highest BCUT2D eigenvalue weighted by Gasteiger charge is 2.24. The number of aromatic nitrogens is 3. The fourth-order valence-electron chi connectivity index (χ4n) is 3.72. The summed E-state index contributed by atoms with van der Waals surface area (Å²) in [7, 11) is -2.25. The smallest absolute Gasteiger partial charge is 0.241 e. The van der Waals surface area contributed by atoms with Crippen LogP contribution in [0, 0.1) is 18.7 Å². The van der Waals surface area contributed by atoms with Gasteiger partial charge in [-0.2, -0.15) is 0 Å². The lowest BCUT2D eigenvalue weighted by atomic mass is 10.0. The molecule has 2 aromatic carbocycles. The molecule has 4 rings (SSSR count). The third kappa shape index (κ3) is 6.10. The van der Waals surface area contributed by atoms with Gasteiger partial charge < -0.3 is 14.6 Å². The van der Waals surface area contributed by atoms with Crippen LogP contribution in [0.15, 0.2) is 65.3 Å². The third-order valence-electron chi connectivity index (χ3n) is 5.43. The Kier molecular flexibility index (Phi) is 7.72. The lowest BCUT2D eigenvalue weighted by Gasteiger charge is -2.19. The highest BCUT2D eigenvalue weighted by Crippen LogP contribution is 2.32. The monoisotopic (exact) mass is 529 g/mol. The second-order valence-corrected chi connectivity index (χ2v) is 11.3. The number of methoxy groups -OCH3 is 1. The van der Waals surface area contributed by atoms with Crippen molar-refractivity contribution in [2.75, 3.05) is 12.4 Å². The number of ether oxygens (including phenoxy) is 1. The van der Waals surface area contributed by atoms with E-state index in [0.717, 1.165) is 29.2 Å². The standard InChI is InChI=1S/C25H28FN5O3S2/c1-16(2)11-21(30-36(32,33)20-8-5-18(26)6-9-20)22-14-35-25(29-22)28-19-7-10-23(24(12-19)34-4)31-13-17(3)27-15-31/h5-10,12-16,21,30H,11H2,1-4H3,(H,28,29). The van der Waals surface area contributed by atoms with E-state index < -0.39 is 21.9 Å². The summed E-state index contributed by atoms with van der Waals surface area (Å²) in [6, 6.07) is 9.93. The minimum absolute atomic E-state index is 0.00602. The quantitative estimate of drug-likeness (QED) is 0.278. The topological polar surface area (TPSA) is 98.1 Å². The minimum atomic E-state index is -3.85. The molecule has 36 heavy (non-hydrogen) atoms. The maximum Gasteiger partial charge on any atom is 0.241 e. The predicted molar refractivity (Wildman–Crippen MR) is 139 cm³/mol. The number of aryl methyl sites for hydroxylation is 1. The molecule has 0 aliphatic heterocycles. The maximum absolute atomic E-state index is 13.3. The summed E-state index contributed by atoms with van der Waals surface area (Å²) in [5.74, 6) is 0.388. The molecule has 0 spiro atoms. The number of halogens is 1. The molecule has 11 heteroatoms. The Morgan fingerprint density at radius 2 is 1.92 bits per heavy atom. The molecule has 1 unspecified atom stereocenters. The minimum Gasteiger partial charge on any atom is -0.494 e. The number of sulfonamides is 1. The van der Waals surface area contributed by atoms with Gasteiger partial charge in [0.15, 0.2) is 5.13 Å². The Bertz CT molecular complexity index is 1430. The highest BCUT2D eigenvalue weighted by molar-refractivity contribution is 7.89. The number of hydrogen-bond acceptors (Lipinski definition) is 7. The number of benzene rings is 2. The number of nitrogens with zero attached hydrogens (tertiary/aromatic N) is 3. The second-order valence-electron chi connectivity index (χ2n) is 8.77. The first kappa shape index (κ1) is 25.8. The van der Waals surface area contributed by atoms with E-state index in [0.29, 0.717) is 23.0 Å². The van der Waals surface area contributed by atoms with Crippen LogP contribution in [0.4, 0.5) is 15.2 Å². The van der Waals surface area contributed by atoms with E-state index in [2.05, 4.69) is 20.0 Å². The van der Waals surface area contributed by atoms with Crippen LogP contribution in [-0.2, 0) is 10.0 Å². The Hall–Kier alpha value is -3.28. The summed E-state index contributed by atoms with van der Waals surface area (Å²) in [4.78, 5) is 8.93. The zero-order chi connectivity index (χ0) is 25.9. The van der Waals surface area contributed by atoms with Crippen LogP contribution >= 0.6 is 11.3 Å². The summed E-state index contributed by atoms with van der Waals surface area (Å²) in [5.41, 5.74) is 3.15. The molecule has 0 bridgehead atoms. The van der Waals surface area contributed by atoms with Crippen LogP contribution in [0.2, 0.25) is 0 Å². The van der Waals surface area contributed by atoms with E-state index in [9.17, 15) is 12.8 Å². The van der Waals surface area contributed by atoms with Crippen LogP contribution in [0.5, 0.6) is 5.75 Å². The molecule has 0 saturated carbocycles. The Balaban J connectivity index is 1.54. The lowest BCUT2D eigenvalue weighted by Crippen LogP contribution is -2.30. The maximum atomic E-state index is 13.3. The van der Waals surface area contributed by atoms with E-state index >= 15 is 0 Å². The van der Waals surface area contributed by atoms with E-state index in [1.807, 2.05) is 55.1 Å². The fourth-order valence-corrected chi connectivity index (χ4v) is 5.72. The van der Waals surface area contributed by atoms with Gasteiger partial charge in [-0.05, 0) is 55.7 Å². The SMILES string of the molecule is COc1cc(Nc2nc(C(CC(C)C)NS(=O)(=O)c3ccc(F)cc3)cs2)ccc1-n1cnc(C)c1. The van der Waals surface area contributed by atoms with Gasteiger partial charge in [-0.15, -0.1) is 11.3 Å². The molecular weight excluding hydrogens is 501 g/mol. The molecule has 2 heterocycles. The van der Waals surface area contributed by atoms with Crippen molar-refractivity contribution < 1.29 is 17.5 Å². The first-order valence-electron chi connectivity index (χ1n) is 11.3. The summed E-state index contributed by atoms with van der Waals surface area (Å²) in [5, 5.41) is 5.73. The number of imidazole rings is 1. The largest absolute Gasteiger partial charge is 0.494 e. The molecule has 2 N–H and O–H groups in total. The second kappa shape index (κ2) is 10.8.